The molecule has 3 aromatic carbocycles. The Balaban J connectivity index is 1.49. The Morgan fingerprint density at radius 2 is 1.59 bits per heavy atom. The summed E-state index contributed by atoms with van der Waals surface area (Å²) in [6.07, 6.45) is 11.3. The molecule has 1 aliphatic carbocycles. The number of halogens is 1. The molecule has 0 radical (unpaired) electrons. The maximum absolute atomic E-state index is 14.5. The van der Waals surface area contributed by atoms with Gasteiger partial charge in [-0.05, 0) is 78.5 Å². The van der Waals surface area contributed by atoms with Crippen LogP contribution in [-0.2, 0) is 0 Å². The first kappa shape index (κ1) is 19.6. The topological polar surface area (TPSA) is 0 Å². The Kier molecular flexibility index (Phi) is 5.94. The molecule has 0 aliphatic heterocycles. The molecule has 0 amide bonds. The molecule has 0 unspecified atom stereocenters. The first-order chi connectivity index (χ1) is 14.2. The van der Waals surface area contributed by atoms with E-state index in [2.05, 4.69) is 43.5 Å². The lowest BCUT2D eigenvalue weighted by molar-refractivity contribution is 0.312. The van der Waals surface area contributed by atoms with Gasteiger partial charge < -0.3 is 0 Å². The number of fused-ring (bicyclic) bond motifs is 1. The highest BCUT2D eigenvalue weighted by atomic mass is 19.1. The Bertz CT molecular complexity index is 1000. The van der Waals surface area contributed by atoms with Crippen molar-refractivity contribution in [1.82, 2.24) is 0 Å². The third kappa shape index (κ3) is 4.19. The van der Waals surface area contributed by atoms with Crippen molar-refractivity contribution in [3.05, 3.63) is 90.8 Å². The summed E-state index contributed by atoms with van der Waals surface area (Å²) in [4.78, 5) is 0. The van der Waals surface area contributed by atoms with Crippen LogP contribution < -0.4 is 0 Å². The fourth-order valence-electron chi connectivity index (χ4n) is 4.73. The summed E-state index contributed by atoms with van der Waals surface area (Å²) in [5, 5.41) is 1.57. The van der Waals surface area contributed by atoms with Crippen LogP contribution in [0.5, 0.6) is 0 Å². The molecule has 0 bridgehead atoms. The molecule has 0 spiro atoms. The molecule has 3 aromatic rings. The average Bonchev–Trinajstić information content (AvgIpc) is 2.78. The van der Waals surface area contributed by atoms with Gasteiger partial charge in [0, 0.05) is 10.9 Å². The van der Waals surface area contributed by atoms with Gasteiger partial charge in [0.1, 0.15) is 5.82 Å². The maximum atomic E-state index is 14.5. The van der Waals surface area contributed by atoms with Crippen molar-refractivity contribution < 1.29 is 4.39 Å². The van der Waals surface area contributed by atoms with Crippen molar-refractivity contribution >= 4 is 16.8 Å². The van der Waals surface area contributed by atoms with Gasteiger partial charge in [-0.1, -0.05) is 67.3 Å². The average molecular weight is 385 g/mol. The predicted molar refractivity (Wildman–Crippen MR) is 124 cm³/mol. The number of allylic oxidation sites excluding steroid dienone is 1. The van der Waals surface area contributed by atoms with Crippen molar-refractivity contribution in [1.29, 1.82) is 0 Å². The number of rotatable bonds is 6. The highest BCUT2D eigenvalue weighted by molar-refractivity contribution is 5.89. The molecule has 0 nitrogen and oxygen atoms in total. The van der Waals surface area contributed by atoms with Gasteiger partial charge in [0.05, 0.1) is 0 Å². The highest BCUT2D eigenvalue weighted by Crippen LogP contribution is 2.38. The largest absolute Gasteiger partial charge is 0.206 e. The van der Waals surface area contributed by atoms with Gasteiger partial charge >= 0.3 is 0 Å². The van der Waals surface area contributed by atoms with Crippen LogP contribution in [0.15, 0.2) is 73.8 Å². The van der Waals surface area contributed by atoms with E-state index in [9.17, 15) is 4.39 Å². The third-order valence-corrected chi connectivity index (χ3v) is 6.55. The lowest BCUT2D eigenvalue weighted by atomic mass is 9.77. The number of benzene rings is 3. The minimum absolute atomic E-state index is 0.192. The summed E-state index contributed by atoms with van der Waals surface area (Å²) >= 11 is 0. The molecule has 0 aromatic heterocycles. The molecular weight excluding hydrogens is 355 g/mol. The standard InChI is InChI=1S/C28H29F/c1-3-5-6-20-7-9-22(10-8-20)23-12-14-24(15-13-23)25-17-18-27-26(19-25)16-11-21(4-2)28(27)29/h3-4,11-20,22H,1-2,5-10H2. The zero-order valence-electron chi connectivity index (χ0n) is 17.0. The minimum Gasteiger partial charge on any atom is -0.206 e. The van der Waals surface area contributed by atoms with E-state index in [0.717, 1.165) is 23.3 Å². The van der Waals surface area contributed by atoms with E-state index in [1.54, 1.807) is 12.1 Å². The van der Waals surface area contributed by atoms with Crippen molar-refractivity contribution in [3.63, 3.8) is 0 Å². The van der Waals surface area contributed by atoms with Crippen molar-refractivity contribution in [2.75, 3.05) is 0 Å². The van der Waals surface area contributed by atoms with Gasteiger partial charge in [-0.2, -0.15) is 0 Å². The van der Waals surface area contributed by atoms with E-state index in [1.807, 2.05) is 24.3 Å². The van der Waals surface area contributed by atoms with Gasteiger partial charge in [0.15, 0.2) is 0 Å². The summed E-state index contributed by atoms with van der Waals surface area (Å²) in [7, 11) is 0. The zero-order chi connectivity index (χ0) is 20.2. The first-order valence-electron chi connectivity index (χ1n) is 10.8. The van der Waals surface area contributed by atoms with Crippen LogP contribution in [0.25, 0.3) is 28.0 Å². The first-order valence-corrected chi connectivity index (χ1v) is 10.8. The second-order valence-corrected chi connectivity index (χ2v) is 8.31. The smallest absolute Gasteiger partial charge is 0.138 e. The van der Waals surface area contributed by atoms with Crippen LogP contribution in [0.2, 0.25) is 0 Å². The molecule has 4 rings (SSSR count). The second kappa shape index (κ2) is 8.78. The molecule has 1 heteroatoms. The molecule has 0 saturated heterocycles. The molecule has 0 atom stereocenters. The Morgan fingerprint density at radius 1 is 0.862 bits per heavy atom. The van der Waals surface area contributed by atoms with E-state index >= 15 is 0 Å². The van der Waals surface area contributed by atoms with Gasteiger partial charge in [-0.15, -0.1) is 6.58 Å². The second-order valence-electron chi connectivity index (χ2n) is 8.31. The quantitative estimate of drug-likeness (QED) is 0.374. The summed E-state index contributed by atoms with van der Waals surface area (Å²) in [5.74, 6) is 1.37. The summed E-state index contributed by atoms with van der Waals surface area (Å²) < 4.78 is 14.5. The Hall–Kier alpha value is -2.67. The van der Waals surface area contributed by atoms with Gasteiger partial charge in [0.2, 0.25) is 0 Å². The van der Waals surface area contributed by atoms with Crippen LogP contribution in [-0.4, -0.2) is 0 Å². The highest BCUT2D eigenvalue weighted by Gasteiger charge is 2.21. The fourth-order valence-corrected chi connectivity index (χ4v) is 4.73. The summed E-state index contributed by atoms with van der Waals surface area (Å²) in [6, 6.07) is 18.7. The minimum atomic E-state index is -0.192. The predicted octanol–water partition coefficient (Wildman–Crippen LogP) is 8.53. The van der Waals surface area contributed by atoms with Crippen LogP contribution in [0.3, 0.4) is 0 Å². The molecule has 1 saturated carbocycles. The van der Waals surface area contributed by atoms with Crippen LogP contribution in [0.4, 0.5) is 4.39 Å². The SMILES string of the molecule is C=CCCC1CCC(c2ccc(-c3ccc4c(F)c(C=C)ccc4c3)cc2)CC1. The molecular formula is C28H29F. The van der Waals surface area contributed by atoms with Crippen LogP contribution in [0.1, 0.15) is 55.6 Å². The molecule has 1 aliphatic rings. The van der Waals surface area contributed by atoms with E-state index in [4.69, 9.17) is 0 Å². The van der Waals surface area contributed by atoms with Gasteiger partial charge in [-0.3, -0.25) is 0 Å². The van der Waals surface area contributed by atoms with E-state index in [1.165, 1.54) is 43.2 Å². The molecule has 148 valence electrons. The van der Waals surface area contributed by atoms with E-state index < -0.39 is 0 Å². The molecule has 0 N–H and O–H groups in total. The normalized spacial score (nSPS) is 19.2. The van der Waals surface area contributed by atoms with Gasteiger partial charge in [0.25, 0.3) is 0 Å². The summed E-state index contributed by atoms with van der Waals surface area (Å²) in [5.41, 5.74) is 4.32. The van der Waals surface area contributed by atoms with E-state index in [0.29, 0.717) is 16.9 Å². The van der Waals surface area contributed by atoms with Crippen molar-refractivity contribution in [3.8, 4) is 11.1 Å². The van der Waals surface area contributed by atoms with Crippen LogP contribution in [0, 0.1) is 11.7 Å². The van der Waals surface area contributed by atoms with E-state index in [-0.39, 0.29) is 5.82 Å². The Labute approximate surface area is 173 Å². The van der Waals surface area contributed by atoms with Crippen LogP contribution >= 0.6 is 0 Å². The maximum Gasteiger partial charge on any atom is 0.138 e. The lowest BCUT2D eigenvalue weighted by Crippen LogP contribution is -2.13. The zero-order valence-corrected chi connectivity index (χ0v) is 17.0. The summed E-state index contributed by atoms with van der Waals surface area (Å²) in [6.45, 7) is 7.53. The van der Waals surface area contributed by atoms with Gasteiger partial charge in [-0.25, -0.2) is 4.39 Å². The van der Waals surface area contributed by atoms with Crippen molar-refractivity contribution in [2.24, 2.45) is 5.92 Å². The molecule has 0 heterocycles. The molecule has 1 fully saturated rings. The Morgan fingerprint density at radius 3 is 2.28 bits per heavy atom. The third-order valence-electron chi connectivity index (χ3n) is 6.55. The number of hydrogen-bond acceptors (Lipinski definition) is 0. The number of hydrogen-bond donors (Lipinski definition) is 0. The van der Waals surface area contributed by atoms with Crippen molar-refractivity contribution in [2.45, 2.75) is 44.4 Å². The lowest BCUT2D eigenvalue weighted by Gasteiger charge is -2.28. The monoisotopic (exact) mass is 384 g/mol. The fraction of sp³-hybridized carbons (Fsp3) is 0.286. The molecule has 29 heavy (non-hydrogen) atoms.